The maximum atomic E-state index is 12.2. The molecule has 4 aromatic rings. The Morgan fingerprint density at radius 2 is 2.12 bits per heavy atom. The first kappa shape index (κ1) is 16.8. The number of rotatable bonds is 4. The molecule has 4 rings (SSSR count). The summed E-state index contributed by atoms with van der Waals surface area (Å²) >= 11 is 1.66. The van der Waals surface area contributed by atoms with Crippen LogP contribution in [0.25, 0.3) is 31.7 Å². The molecule has 2 heterocycles. The second kappa shape index (κ2) is 6.55. The molecule has 2 aromatic carbocycles. The summed E-state index contributed by atoms with van der Waals surface area (Å²) in [6.07, 6.45) is 0. The van der Waals surface area contributed by atoms with Gasteiger partial charge in [0.05, 0.1) is 16.8 Å². The van der Waals surface area contributed by atoms with Crippen molar-refractivity contribution in [3.05, 3.63) is 53.2 Å². The predicted molar refractivity (Wildman–Crippen MR) is 105 cm³/mol. The van der Waals surface area contributed by atoms with E-state index in [0.717, 1.165) is 32.6 Å². The number of fused-ring (bicyclic) bond motifs is 2. The monoisotopic (exact) mass is 365 g/mol. The van der Waals surface area contributed by atoms with Crippen LogP contribution in [0, 0.1) is 6.92 Å². The van der Waals surface area contributed by atoms with Crippen molar-refractivity contribution in [2.75, 3.05) is 6.61 Å². The lowest BCUT2D eigenvalue weighted by molar-refractivity contribution is 0.0519. The summed E-state index contributed by atoms with van der Waals surface area (Å²) in [6, 6.07) is 12.3. The predicted octanol–water partition coefficient (Wildman–Crippen LogP) is 4.39. The number of aromatic nitrogens is 2. The van der Waals surface area contributed by atoms with Gasteiger partial charge in [0.25, 0.3) is 0 Å². The standard InChI is InChI=1S/C20H19N3O2S/c1-3-25-20(24)18-14(10-21)13-9-12(5-7-15(13)22-18)19-23-16-6-4-11(2)8-17(16)26-19/h4-9,22H,3,10,21H2,1-2H3. The first-order valence-electron chi connectivity index (χ1n) is 8.50. The van der Waals surface area contributed by atoms with Crippen molar-refractivity contribution in [1.82, 2.24) is 9.97 Å². The Bertz CT molecular complexity index is 1130. The zero-order valence-electron chi connectivity index (χ0n) is 14.6. The summed E-state index contributed by atoms with van der Waals surface area (Å²) in [4.78, 5) is 20.1. The third kappa shape index (κ3) is 2.77. The lowest BCUT2D eigenvalue weighted by Gasteiger charge is -2.02. The summed E-state index contributed by atoms with van der Waals surface area (Å²) in [6.45, 7) is 4.45. The van der Waals surface area contributed by atoms with E-state index in [0.29, 0.717) is 12.3 Å². The van der Waals surface area contributed by atoms with E-state index in [4.69, 9.17) is 15.5 Å². The number of hydrogen-bond donors (Lipinski definition) is 2. The van der Waals surface area contributed by atoms with Gasteiger partial charge in [0.1, 0.15) is 10.7 Å². The summed E-state index contributed by atoms with van der Waals surface area (Å²) in [5, 5.41) is 1.89. The number of carbonyl (C=O) groups excluding carboxylic acids is 1. The molecule has 0 fully saturated rings. The lowest BCUT2D eigenvalue weighted by atomic mass is 10.1. The van der Waals surface area contributed by atoms with E-state index in [9.17, 15) is 4.79 Å². The molecule has 0 amide bonds. The van der Waals surface area contributed by atoms with Crippen LogP contribution < -0.4 is 5.73 Å². The van der Waals surface area contributed by atoms with Crippen molar-refractivity contribution in [3.8, 4) is 10.6 Å². The van der Waals surface area contributed by atoms with Crippen LogP contribution >= 0.6 is 11.3 Å². The summed E-state index contributed by atoms with van der Waals surface area (Å²) in [5.74, 6) is -0.374. The fourth-order valence-electron chi connectivity index (χ4n) is 3.13. The molecule has 3 N–H and O–H groups in total. The Hall–Kier alpha value is -2.70. The highest BCUT2D eigenvalue weighted by atomic mass is 32.1. The average Bonchev–Trinajstić information content (AvgIpc) is 3.21. The van der Waals surface area contributed by atoms with Crippen LogP contribution in [0.4, 0.5) is 0 Å². The van der Waals surface area contributed by atoms with Gasteiger partial charge in [-0.2, -0.15) is 0 Å². The molecular weight excluding hydrogens is 346 g/mol. The second-order valence-corrected chi connectivity index (χ2v) is 7.18. The summed E-state index contributed by atoms with van der Waals surface area (Å²) < 4.78 is 6.30. The molecule has 0 saturated carbocycles. The number of hydrogen-bond acceptors (Lipinski definition) is 5. The van der Waals surface area contributed by atoms with Crippen LogP contribution in [0.3, 0.4) is 0 Å². The minimum absolute atomic E-state index is 0.261. The number of ether oxygens (including phenoxy) is 1. The second-order valence-electron chi connectivity index (χ2n) is 6.15. The number of H-pyrrole nitrogens is 1. The molecule has 0 atom stereocenters. The van der Waals surface area contributed by atoms with Crippen molar-refractivity contribution < 1.29 is 9.53 Å². The van der Waals surface area contributed by atoms with Crippen molar-refractivity contribution >= 4 is 38.4 Å². The molecule has 5 nitrogen and oxygen atoms in total. The highest BCUT2D eigenvalue weighted by Crippen LogP contribution is 2.33. The van der Waals surface area contributed by atoms with Gasteiger partial charge in [-0.15, -0.1) is 11.3 Å². The minimum atomic E-state index is -0.374. The fourth-order valence-corrected chi connectivity index (χ4v) is 4.19. The van der Waals surface area contributed by atoms with Crippen molar-refractivity contribution in [1.29, 1.82) is 0 Å². The van der Waals surface area contributed by atoms with Crippen molar-refractivity contribution in [2.45, 2.75) is 20.4 Å². The number of nitrogens with two attached hydrogens (primary N) is 1. The maximum Gasteiger partial charge on any atom is 0.355 e. The van der Waals surface area contributed by atoms with Crippen LogP contribution in [-0.2, 0) is 11.3 Å². The van der Waals surface area contributed by atoms with Gasteiger partial charge in [0, 0.05) is 28.6 Å². The Morgan fingerprint density at radius 1 is 1.27 bits per heavy atom. The molecular formula is C20H19N3O2S. The van der Waals surface area contributed by atoms with Gasteiger partial charge in [0.15, 0.2) is 0 Å². The highest BCUT2D eigenvalue weighted by molar-refractivity contribution is 7.21. The Labute approximate surface area is 154 Å². The first-order chi connectivity index (χ1) is 12.6. The topological polar surface area (TPSA) is 81.0 Å². The van der Waals surface area contributed by atoms with E-state index in [2.05, 4.69) is 24.0 Å². The van der Waals surface area contributed by atoms with E-state index in [1.807, 2.05) is 24.3 Å². The van der Waals surface area contributed by atoms with E-state index in [1.54, 1.807) is 18.3 Å². The van der Waals surface area contributed by atoms with Crippen LogP contribution in [0.2, 0.25) is 0 Å². The quantitative estimate of drug-likeness (QED) is 0.526. The van der Waals surface area contributed by atoms with Gasteiger partial charge >= 0.3 is 5.97 Å². The highest BCUT2D eigenvalue weighted by Gasteiger charge is 2.18. The van der Waals surface area contributed by atoms with Gasteiger partial charge in [-0.05, 0) is 49.7 Å². The molecule has 0 aliphatic rings. The molecule has 0 aliphatic carbocycles. The SMILES string of the molecule is CCOC(=O)c1[nH]c2ccc(-c3nc4ccc(C)cc4s3)cc2c1CN. The molecule has 26 heavy (non-hydrogen) atoms. The first-order valence-corrected chi connectivity index (χ1v) is 9.31. The van der Waals surface area contributed by atoms with Gasteiger partial charge in [0.2, 0.25) is 0 Å². The Morgan fingerprint density at radius 3 is 2.88 bits per heavy atom. The van der Waals surface area contributed by atoms with Crippen LogP contribution in [-0.4, -0.2) is 22.5 Å². The molecule has 0 spiro atoms. The molecule has 6 heteroatoms. The molecule has 132 valence electrons. The minimum Gasteiger partial charge on any atom is -0.461 e. The van der Waals surface area contributed by atoms with Crippen molar-refractivity contribution in [3.63, 3.8) is 0 Å². The Kier molecular flexibility index (Phi) is 4.22. The summed E-state index contributed by atoms with van der Waals surface area (Å²) in [5.41, 5.74) is 11.2. The molecule has 0 unspecified atom stereocenters. The molecule has 0 saturated heterocycles. The normalized spacial score (nSPS) is 11.3. The largest absolute Gasteiger partial charge is 0.461 e. The van der Waals surface area contributed by atoms with Crippen molar-refractivity contribution in [2.24, 2.45) is 5.73 Å². The van der Waals surface area contributed by atoms with E-state index in [1.165, 1.54) is 10.3 Å². The Balaban J connectivity index is 1.84. The van der Waals surface area contributed by atoms with Gasteiger partial charge in [-0.3, -0.25) is 0 Å². The molecule has 0 bridgehead atoms. The number of aromatic amines is 1. The van der Waals surface area contributed by atoms with Gasteiger partial charge in [-0.25, -0.2) is 9.78 Å². The maximum absolute atomic E-state index is 12.2. The smallest absolute Gasteiger partial charge is 0.355 e. The fraction of sp³-hybridized carbons (Fsp3) is 0.200. The zero-order valence-corrected chi connectivity index (χ0v) is 15.4. The van der Waals surface area contributed by atoms with Gasteiger partial charge in [-0.1, -0.05) is 6.07 Å². The zero-order chi connectivity index (χ0) is 18.3. The number of nitrogens with zero attached hydrogens (tertiary/aromatic N) is 1. The third-order valence-corrected chi connectivity index (χ3v) is 5.45. The van der Waals surface area contributed by atoms with Crippen LogP contribution in [0.1, 0.15) is 28.5 Å². The lowest BCUT2D eigenvalue weighted by Crippen LogP contribution is -2.10. The van der Waals surface area contributed by atoms with Crippen LogP contribution in [0.5, 0.6) is 0 Å². The van der Waals surface area contributed by atoms with Gasteiger partial charge < -0.3 is 15.5 Å². The number of esters is 1. The number of aryl methyl sites for hydroxylation is 1. The summed E-state index contributed by atoms with van der Waals surface area (Å²) in [7, 11) is 0. The van der Waals surface area contributed by atoms with E-state index < -0.39 is 0 Å². The average molecular weight is 365 g/mol. The molecule has 2 aromatic heterocycles. The number of nitrogens with one attached hydrogen (secondary N) is 1. The molecule has 0 radical (unpaired) electrons. The van der Waals surface area contributed by atoms with Crippen LogP contribution in [0.15, 0.2) is 36.4 Å². The number of carbonyl (C=O) groups is 1. The molecule has 0 aliphatic heterocycles. The number of thiazole rings is 1. The number of benzene rings is 2. The van der Waals surface area contributed by atoms with E-state index in [-0.39, 0.29) is 12.5 Å². The third-order valence-electron chi connectivity index (χ3n) is 4.38. The van der Waals surface area contributed by atoms with E-state index >= 15 is 0 Å².